The number of carbonyl (C=O) groups excluding carboxylic acids is 2. The third kappa shape index (κ3) is 5.60. The van der Waals surface area contributed by atoms with E-state index in [9.17, 15) is 9.59 Å². The summed E-state index contributed by atoms with van der Waals surface area (Å²) in [6, 6.07) is 35.6. The Balaban J connectivity index is 0.000000166. The number of rotatable bonds is 4. The molecule has 0 N–H and O–H groups in total. The highest BCUT2D eigenvalue weighted by atomic mass is 16.1. The van der Waals surface area contributed by atoms with Gasteiger partial charge in [-0.05, 0) is 6.92 Å². The Morgan fingerprint density at radius 2 is 0.690 bits per heavy atom. The lowest BCUT2D eigenvalue weighted by molar-refractivity contribution is 0.103. The summed E-state index contributed by atoms with van der Waals surface area (Å²) in [4.78, 5) is 23.8. The molecule has 0 aromatic heterocycles. The molecule has 0 atom stereocenters. The van der Waals surface area contributed by atoms with Crippen LogP contribution in [0.1, 0.15) is 37.4 Å². The van der Waals surface area contributed by atoms with Crippen LogP contribution >= 0.6 is 0 Å². The van der Waals surface area contributed by atoms with Crippen molar-refractivity contribution in [1.82, 2.24) is 0 Å². The summed E-state index contributed by atoms with van der Waals surface area (Å²) in [5.41, 5.74) is 4.12. The Hall–Kier alpha value is -3.78. The van der Waals surface area contributed by atoms with Crippen LogP contribution < -0.4 is 0 Å². The van der Waals surface area contributed by atoms with E-state index >= 15 is 0 Å². The molecular weight excluding hydrogens is 356 g/mol. The normalized spacial score (nSPS) is 9.83. The van der Waals surface area contributed by atoms with Gasteiger partial charge in [0.05, 0.1) is 0 Å². The zero-order valence-corrected chi connectivity index (χ0v) is 16.3. The van der Waals surface area contributed by atoms with Crippen LogP contribution in [0, 0.1) is 6.92 Å². The molecule has 0 fully saturated rings. The SMILES string of the molecule is Cc1ccc(C(=O)c2ccccc2)cc1.O=C(c1ccccc1)c1ccccc1. The number of hydrogen-bond acceptors (Lipinski definition) is 2. The van der Waals surface area contributed by atoms with E-state index in [0.29, 0.717) is 0 Å². The molecule has 2 heteroatoms. The van der Waals surface area contributed by atoms with E-state index in [2.05, 4.69) is 0 Å². The molecular formula is C27H22O2. The molecule has 29 heavy (non-hydrogen) atoms. The minimum Gasteiger partial charge on any atom is -0.289 e. The van der Waals surface area contributed by atoms with Gasteiger partial charge in [0.25, 0.3) is 0 Å². The zero-order chi connectivity index (χ0) is 20.5. The number of hydrogen-bond donors (Lipinski definition) is 0. The molecule has 4 aromatic rings. The lowest BCUT2D eigenvalue weighted by Crippen LogP contribution is -2.00. The third-order valence-electron chi connectivity index (χ3n) is 4.42. The van der Waals surface area contributed by atoms with Gasteiger partial charge in [-0.2, -0.15) is 0 Å². The van der Waals surface area contributed by atoms with Crippen LogP contribution in [0.4, 0.5) is 0 Å². The van der Waals surface area contributed by atoms with Gasteiger partial charge in [0, 0.05) is 22.3 Å². The molecule has 0 aliphatic rings. The number of ketones is 2. The molecule has 0 aliphatic heterocycles. The fourth-order valence-corrected chi connectivity index (χ4v) is 2.81. The summed E-state index contributed by atoms with van der Waals surface area (Å²) in [6.07, 6.45) is 0. The van der Waals surface area contributed by atoms with E-state index in [1.165, 1.54) is 5.56 Å². The van der Waals surface area contributed by atoms with Crippen LogP contribution in [0.3, 0.4) is 0 Å². The Bertz CT molecular complexity index is 1010. The number of carbonyl (C=O) groups is 2. The van der Waals surface area contributed by atoms with Gasteiger partial charge in [-0.1, -0.05) is 121 Å². The highest BCUT2D eigenvalue weighted by molar-refractivity contribution is 6.09. The van der Waals surface area contributed by atoms with Crippen LogP contribution in [0.2, 0.25) is 0 Å². The van der Waals surface area contributed by atoms with Crippen molar-refractivity contribution in [3.05, 3.63) is 143 Å². The second-order valence-electron chi connectivity index (χ2n) is 6.62. The van der Waals surface area contributed by atoms with Gasteiger partial charge in [0.1, 0.15) is 0 Å². The second-order valence-corrected chi connectivity index (χ2v) is 6.62. The highest BCUT2D eigenvalue weighted by Crippen LogP contribution is 2.10. The van der Waals surface area contributed by atoms with E-state index in [0.717, 1.165) is 22.3 Å². The minimum atomic E-state index is 0.0752. The predicted molar refractivity (Wildman–Crippen MR) is 117 cm³/mol. The quantitative estimate of drug-likeness (QED) is 0.400. The maximum Gasteiger partial charge on any atom is 0.193 e. The fraction of sp³-hybridized carbons (Fsp3) is 0.0370. The van der Waals surface area contributed by atoms with Crippen LogP contribution in [0.15, 0.2) is 115 Å². The molecule has 0 saturated heterocycles. The second kappa shape index (κ2) is 9.95. The first-order valence-corrected chi connectivity index (χ1v) is 9.46. The van der Waals surface area contributed by atoms with Crippen LogP contribution in [0.25, 0.3) is 0 Å². The van der Waals surface area contributed by atoms with Crippen LogP contribution in [-0.4, -0.2) is 11.6 Å². The fourth-order valence-electron chi connectivity index (χ4n) is 2.81. The smallest absolute Gasteiger partial charge is 0.193 e. The van der Waals surface area contributed by atoms with Crippen molar-refractivity contribution in [2.45, 2.75) is 6.92 Å². The van der Waals surface area contributed by atoms with E-state index in [1.807, 2.05) is 122 Å². The van der Waals surface area contributed by atoms with Crippen molar-refractivity contribution in [3.63, 3.8) is 0 Å². The molecule has 0 aliphatic carbocycles. The van der Waals surface area contributed by atoms with Gasteiger partial charge in [-0.25, -0.2) is 0 Å². The summed E-state index contributed by atoms with van der Waals surface area (Å²) in [5, 5.41) is 0. The maximum absolute atomic E-state index is 12.0. The van der Waals surface area contributed by atoms with E-state index in [4.69, 9.17) is 0 Å². The first-order chi connectivity index (χ1) is 14.1. The molecule has 142 valence electrons. The van der Waals surface area contributed by atoms with Crippen LogP contribution in [-0.2, 0) is 0 Å². The van der Waals surface area contributed by atoms with Crippen molar-refractivity contribution in [2.24, 2.45) is 0 Å². The Labute approximate surface area is 171 Å². The van der Waals surface area contributed by atoms with Crippen molar-refractivity contribution >= 4 is 11.6 Å². The molecule has 0 heterocycles. The Kier molecular flexibility index (Phi) is 6.85. The third-order valence-corrected chi connectivity index (χ3v) is 4.42. The molecule has 0 bridgehead atoms. The first-order valence-electron chi connectivity index (χ1n) is 9.46. The summed E-state index contributed by atoms with van der Waals surface area (Å²) in [5.74, 6) is 0.154. The maximum atomic E-state index is 12.0. The average Bonchev–Trinajstić information content (AvgIpc) is 2.81. The lowest BCUT2D eigenvalue weighted by Gasteiger charge is -2.00. The summed E-state index contributed by atoms with van der Waals surface area (Å²) in [7, 11) is 0. The van der Waals surface area contributed by atoms with Crippen molar-refractivity contribution < 1.29 is 9.59 Å². The molecule has 2 nitrogen and oxygen atoms in total. The Morgan fingerprint density at radius 3 is 1.00 bits per heavy atom. The minimum absolute atomic E-state index is 0.0752. The van der Waals surface area contributed by atoms with E-state index in [1.54, 1.807) is 0 Å². The van der Waals surface area contributed by atoms with Crippen molar-refractivity contribution in [3.8, 4) is 0 Å². The van der Waals surface area contributed by atoms with Gasteiger partial charge in [0.2, 0.25) is 0 Å². The topological polar surface area (TPSA) is 34.1 Å². The van der Waals surface area contributed by atoms with E-state index in [-0.39, 0.29) is 11.6 Å². The largest absolute Gasteiger partial charge is 0.289 e. The molecule has 0 spiro atoms. The van der Waals surface area contributed by atoms with Gasteiger partial charge >= 0.3 is 0 Å². The molecule has 0 saturated carbocycles. The van der Waals surface area contributed by atoms with Gasteiger partial charge in [0.15, 0.2) is 11.6 Å². The van der Waals surface area contributed by atoms with Crippen molar-refractivity contribution in [1.29, 1.82) is 0 Å². The summed E-state index contributed by atoms with van der Waals surface area (Å²) >= 11 is 0. The first kappa shape index (κ1) is 20.0. The molecule has 4 rings (SSSR count). The van der Waals surface area contributed by atoms with E-state index < -0.39 is 0 Å². The van der Waals surface area contributed by atoms with Crippen LogP contribution in [0.5, 0.6) is 0 Å². The zero-order valence-electron chi connectivity index (χ0n) is 16.3. The van der Waals surface area contributed by atoms with Crippen molar-refractivity contribution in [2.75, 3.05) is 0 Å². The average molecular weight is 378 g/mol. The standard InChI is InChI=1S/C14H12O.C13H10O/c1-11-7-9-13(10-8-11)14(15)12-5-3-2-4-6-12;14-13(11-7-3-1-4-8-11)12-9-5-2-6-10-12/h2-10H,1H3;1-10H. The summed E-state index contributed by atoms with van der Waals surface area (Å²) < 4.78 is 0. The van der Waals surface area contributed by atoms with Gasteiger partial charge in [-0.3, -0.25) is 9.59 Å². The lowest BCUT2D eigenvalue weighted by atomic mass is 10.0. The molecule has 0 radical (unpaired) electrons. The molecule has 0 unspecified atom stereocenters. The monoisotopic (exact) mass is 378 g/mol. The number of aryl methyl sites for hydroxylation is 1. The highest BCUT2D eigenvalue weighted by Gasteiger charge is 2.07. The van der Waals surface area contributed by atoms with Gasteiger partial charge < -0.3 is 0 Å². The molecule has 0 amide bonds. The Morgan fingerprint density at radius 1 is 0.414 bits per heavy atom. The predicted octanol–water partition coefficient (Wildman–Crippen LogP) is 6.14. The number of benzene rings is 4. The van der Waals surface area contributed by atoms with Gasteiger partial charge in [-0.15, -0.1) is 0 Å². The molecule has 4 aromatic carbocycles. The summed E-state index contributed by atoms with van der Waals surface area (Å²) in [6.45, 7) is 2.01.